The van der Waals surface area contributed by atoms with Gasteiger partial charge in [-0.05, 0) is 18.2 Å². The minimum Gasteiger partial charge on any atom is -0.366 e. The molecule has 100 valence electrons. The van der Waals surface area contributed by atoms with Gasteiger partial charge in [0.25, 0.3) is 5.91 Å². The second kappa shape index (κ2) is 5.02. The summed E-state index contributed by atoms with van der Waals surface area (Å²) in [6, 6.07) is 5.86. The fraction of sp³-hybridized carbons (Fsp3) is 0.286. The van der Waals surface area contributed by atoms with Gasteiger partial charge in [-0.3, -0.25) is 9.78 Å². The lowest BCUT2D eigenvalue weighted by Gasteiger charge is -2.17. The van der Waals surface area contributed by atoms with Crippen molar-refractivity contribution in [2.24, 2.45) is 5.73 Å². The van der Waals surface area contributed by atoms with Crippen molar-refractivity contribution in [2.45, 2.75) is 30.4 Å². The minimum atomic E-state index is -0.562. The molecule has 0 saturated carbocycles. The highest BCUT2D eigenvalue weighted by Gasteiger charge is 2.15. The maximum Gasteiger partial charge on any atom is 0.251 e. The molecule has 0 atom stereocenters. The van der Waals surface area contributed by atoms with Crippen LogP contribution < -0.4 is 5.73 Å². The number of aromatic nitrogens is 1. The summed E-state index contributed by atoms with van der Waals surface area (Å²) in [5, 5.41) is 1.13. The molecule has 0 unspecified atom stereocenters. The predicted molar refractivity (Wildman–Crippen MR) is 80.9 cm³/mol. The smallest absolute Gasteiger partial charge is 0.251 e. The number of fused-ring (bicyclic) bond motifs is 1. The number of pyridine rings is 1. The highest BCUT2D eigenvalue weighted by molar-refractivity contribution is 8.00. The summed E-state index contributed by atoms with van der Waals surface area (Å²) in [5.74, 6) is -0.562. The highest BCUT2D eigenvalue weighted by atomic mass is 35.5. The third-order valence-electron chi connectivity index (χ3n) is 2.46. The normalized spacial score (nSPS) is 11.8. The van der Waals surface area contributed by atoms with Crippen molar-refractivity contribution in [2.75, 3.05) is 0 Å². The number of rotatable bonds is 2. The summed E-state index contributed by atoms with van der Waals surface area (Å²) < 4.78 is 0.106. The fourth-order valence-electron chi connectivity index (χ4n) is 1.73. The molecule has 1 aromatic carbocycles. The third-order valence-corrected chi connectivity index (χ3v) is 3.97. The number of nitrogens with zero attached hydrogens (tertiary/aromatic N) is 1. The van der Waals surface area contributed by atoms with Crippen molar-refractivity contribution < 1.29 is 4.79 Å². The van der Waals surface area contributed by atoms with Crippen molar-refractivity contribution >= 4 is 40.2 Å². The third kappa shape index (κ3) is 3.19. The van der Waals surface area contributed by atoms with Gasteiger partial charge in [-0.15, -0.1) is 11.8 Å². The zero-order valence-corrected chi connectivity index (χ0v) is 12.6. The lowest BCUT2D eigenvalue weighted by atomic mass is 10.1. The van der Waals surface area contributed by atoms with Gasteiger partial charge in [0.05, 0.1) is 16.1 Å². The van der Waals surface area contributed by atoms with Crippen LogP contribution in [0.2, 0.25) is 5.02 Å². The van der Waals surface area contributed by atoms with Gasteiger partial charge >= 0.3 is 0 Å². The van der Waals surface area contributed by atoms with Crippen LogP contribution in [0, 0.1) is 0 Å². The van der Waals surface area contributed by atoms with Crippen LogP contribution >= 0.6 is 23.4 Å². The van der Waals surface area contributed by atoms with Crippen LogP contribution in [0.1, 0.15) is 31.1 Å². The zero-order chi connectivity index (χ0) is 14.2. The van der Waals surface area contributed by atoms with Gasteiger partial charge in [-0.1, -0.05) is 32.4 Å². The summed E-state index contributed by atoms with van der Waals surface area (Å²) in [5.41, 5.74) is 6.29. The lowest BCUT2D eigenvalue weighted by molar-refractivity contribution is 0.100. The Morgan fingerprint density at radius 1 is 1.37 bits per heavy atom. The first-order valence-corrected chi connectivity index (χ1v) is 7.04. The topological polar surface area (TPSA) is 56.0 Å². The van der Waals surface area contributed by atoms with Gasteiger partial charge in [0.2, 0.25) is 0 Å². The second-order valence-corrected chi connectivity index (χ2v) is 7.52. The van der Waals surface area contributed by atoms with Crippen LogP contribution in [0.15, 0.2) is 29.3 Å². The molecule has 2 rings (SSSR count). The zero-order valence-electron chi connectivity index (χ0n) is 11.0. The van der Waals surface area contributed by atoms with E-state index in [1.807, 2.05) is 18.2 Å². The van der Waals surface area contributed by atoms with E-state index in [9.17, 15) is 4.79 Å². The number of benzene rings is 1. The molecule has 0 aliphatic rings. The van der Waals surface area contributed by atoms with E-state index in [0.29, 0.717) is 5.02 Å². The first-order chi connectivity index (χ1) is 8.78. The van der Waals surface area contributed by atoms with E-state index in [0.717, 1.165) is 15.8 Å². The standard InChI is InChI=1S/C14H15ClN2OS/c1-14(2,3)19-8-4-5-11-9(6-8)12(15)10(7-17-11)13(16)18/h4-7H,1-3H3,(H2,16,18). The molecular formula is C14H15ClN2OS. The van der Waals surface area contributed by atoms with Gasteiger partial charge in [0.1, 0.15) is 0 Å². The van der Waals surface area contributed by atoms with Crippen LogP contribution in [0.4, 0.5) is 0 Å². The summed E-state index contributed by atoms with van der Waals surface area (Å²) in [4.78, 5) is 16.6. The largest absolute Gasteiger partial charge is 0.366 e. The summed E-state index contributed by atoms with van der Waals surface area (Å²) in [7, 11) is 0. The Hall–Kier alpha value is -1.26. The first-order valence-electron chi connectivity index (χ1n) is 5.85. The molecule has 0 aliphatic heterocycles. The highest BCUT2D eigenvalue weighted by Crippen LogP contribution is 2.35. The molecule has 5 heteroatoms. The van der Waals surface area contributed by atoms with E-state index < -0.39 is 5.91 Å². The minimum absolute atomic E-state index is 0.106. The second-order valence-electron chi connectivity index (χ2n) is 5.24. The molecule has 2 aromatic rings. The van der Waals surface area contributed by atoms with Crippen LogP contribution in [-0.4, -0.2) is 15.6 Å². The Morgan fingerprint density at radius 3 is 2.63 bits per heavy atom. The van der Waals surface area contributed by atoms with Crippen molar-refractivity contribution in [3.05, 3.63) is 35.0 Å². The Bertz CT molecular complexity index is 650. The Labute approximate surface area is 121 Å². The first kappa shape index (κ1) is 14.2. The van der Waals surface area contributed by atoms with E-state index in [1.165, 1.54) is 6.20 Å². The number of carbonyl (C=O) groups excluding carboxylic acids is 1. The van der Waals surface area contributed by atoms with Gasteiger partial charge < -0.3 is 5.73 Å². The molecule has 0 bridgehead atoms. The Kier molecular flexibility index (Phi) is 3.74. The number of thioether (sulfide) groups is 1. The van der Waals surface area contributed by atoms with Crippen molar-refractivity contribution in [3.8, 4) is 0 Å². The molecular weight excluding hydrogens is 280 g/mol. The molecule has 0 fully saturated rings. The molecule has 2 N–H and O–H groups in total. The molecule has 3 nitrogen and oxygen atoms in total. The Morgan fingerprint density at radius 2 is 2.05 bits per heavy atom. The number of primary amides is 1. The molecule has 1 heterocycles. The van der Waals surface area contributed by atoms with Gasteiger partial charge in [0, 0.05) is 21.2 Å². The SMILES string of the molecule is CC(C)(C)Sc1ccc2ncc(C(N)=O)c(Cl)c2c1. The average molecular weight is 295 g/mol. The van der Waals surface area contributed by atoms with Gasteiger partial charge in [-0.25, -0.2) is 0 Å². The maximum atomic E-state index is 11.3. The molecule has 1 aromatic heterocycles. The van der Waals surface area contributed by atoms with Crippen molar-refractivity contribution in [3.63, 3.8) is 0 Å². The number of nitrogens with two attached hydrogens (primary N) is 1. The van der Waals surface area contributed by atoms with Crippen molar-refractivity contribution in [1.29, 1.82) is 0 Å². The van der Waals surface area contributed by atoms with Crippen LogP contribution in [0.5, 0.6) is 0 Å². The van der Waals surface area contributed by atoms with Crippen LogP contribution in [-0.2, 0) is 0 Å². The van der Waals surface area contributed by atoms with E-state index in [2.05, 4.69) is 25.8 Å². The average Bonchev–Trinajstić information content (AvgIpc) is 2.27. The number of hydrogen-bond acceptors (Lipinski definition) is 3. The maximum absolute atomic E-state index is 11.3. The monoisotopic (exact) mass is 294 g/mol. The van der Waals surface area contributed by atoms with E-state index in [4.69, 9.17) is 17.3 Å². The summed E-state index contributed by atoms with van der Waals surface area (Å²) >= 11 is 7.97. The Balaban J connectivity index is 2.57. The number of hydrogen-bond donors (Lipinski definition) is 1. The summed E-state index contributed by atoms with van der Waals surface area (Å²) in [6.45, 7) is 6.42. The number of amides is 1. The number of carbonyl (C=O) groups is 1. The molecule has 19 heavy (non-hydrogen) atoms. The van der Waals surface area contributed by atoms with Crippen LogP contribution in [0.25, 0.3) is 10.9 Å². The lowest BCUT2D eigenvalue weighted by Crippen LogP contribution is -2.12. The fourth-order valence-corrected chi connectivity index (χ4v) is 3.04. The van der Waals surface area contributed by atoms with Gasteiger partial charge in [-0.2, -0.15) is 0 Å². The predicted octanol–water partition coefficient (Wildman–Crippen LogP) is 3.88. The summed E-state index contributed by atoms with van der Waals surface area (Å²) in [6.07, 6.45) is 1.42. The molecule has 0 saturated heterocycles. The van der Waals surface area contributed by atoms with E-state index in [-0.39, 0.29) is 10.3 Å². The molecule has 0 radical (unpaired) electrons. The quantitative estimate of drug-likeness (QED) is 0.855. The van der Waals surface area contributed by atoms with E-state index >= 15 is 0 Å². The van der Waals surface area contributed by atoms with Crippen LogP contribution in [0.3, 0.4) is 0 Å². The number of halogens is 1. The molecule has 0 aliphatic carbocycles. The van der Waals surface area contributed by atoms with Gasteiger partial charge in [0.15, 0.2) is 0 Å². The van der Waals surface area contributed by atoms with Crippen molar-refractivity contribution in [1.82, 2.24) is 4.98 Å². The van der Waals surface area contributed by atoms with E-state index in [1.54, 1.807) is 11.8 Å². The molecule has 0 spiro atoms. The molecule has 1 amide bonds.